The third kappa shape index (κ3) is 15.0. The highest BCUT2D eigenvalue weighted by atomic mass is 16.6. The van der Waals surface area contributed by atoms with E-state index in [-0.39, 0.29) is 41.4 Å². The highest BCUT2D eigenvalue weighted by molar-refractivity contribution is 5.97. The van der Waals surface area contributed by atoms with Gasteiger partial charge in [-0.2, -0.15) is 20.5 Å². The standard InChI is InChI=1S/C48H48N4O10/c1-4-7-29-57-40-23-19-38(20-24-40)51-49-36-15-11-34(12-16-36)46(54)61-42-27-28-44(43(33-42)48(56)60-32-10-9-31-59-45(53)6-3)62-47(55)35-13-17-37(18-14-35)50-52-39-21-25-41(26-22-39)58-30-8-5-2/h6,11-28,33H,3-5,7-10,29-32H2,1-2H3. The van der Waals surface area contributed by atoms with Crippen molar-refractivity contribution in [2.24, 2.45) is 20.5 Å². The average molecular weight is 841 g/mol. The van der Waals surface area contributed by atoms with Crippen LogP contribution < -0.4 is 18.9 Å². The molecule has 0 fully saturated rings. The van der Waals surface area contributed by atoms with E-state index in [2.05, 4.69) is 40.9 Å². The first-order valence-corrected chi connectivity index (χ1v) is 20.3. The summed E-state index contributed by atoms with van der Waals surface area (Å²) in [6.07, 6.45) is 5.90. The zero-order valence-electron chi connectivity index (χ0n) is 34.7. The van der Waals surface area contributed by atoms with Crippen LogP contribution in [0.5, 0.6) is 23.0 Å². The van der Waals surface area contributed by atoms with E-state index >= 15 is 0 Å². The van der Waals surface area contributed by atoms with Crippen molar-refractivity contribution in [2.75, 3.05) is 26.4 Å². The third-order valence-corrected chi connectivity index (χ3v) is 8.74. The normalized spacial score (nSPS) is 10.9. The number of carbonyl (C=O) groups excluding carboxylic acids is 4. The summed E-state index contributed by atoms with van der Waals surface area (Å²) in [5.74, 6) is -1.48. The first-order valence-electron chi connectivity index (χ1n) is 20.3. The van der Waals surface area contributed by atoms with Gasteiger partial charge in [0.15, 0.2) is 0 Å². The molecular weight excluding hydrogens is 793 g/mol. The lowest BCUT2D eigenvalue weighted by atomic mass is 10.1. The molecule has 14 heteroatoms. The van der Waals surface area contributed by atoms with Crippen molar-refractivity contribution >= 4 is 46.6 Å². The molecule has 0 spiro atoms. The summed E-state index contributed by atoms with van der Waals surface area (Å²) < 4.78 is 33.0. The fourth-order valence-electron chi connectivity index (χ4n) is 5.27. The first-order chi connectivity index (χ1) is 30.2. The SMILES string of the molecule is C=CC(=O)OCCCCOC(=O)c1cc(OC(=O)c2ccc(N=Nc3ccc(OCCCC)cc3)cc2)ccc1OC(=O)c1ccc(N=Nc2ccc(OCCCC)cc2)cc1. The minimum Gasteiger partial charge on any atom is -0.494 e. The number of hydrogen-bond acceptors (Lipinski definition) is 14. The summed E-state index contributed by atoms with van der Waals surface area (Å²) in [6, 6.07) is 31.0. The first kappa shape index (κ1) is 45.6. The molecule has 5 aromatic carbocycles. The van der Waals surface area contributed by atoms with Crippen molar-refractivity contribution in [2.45, 2.75) is 52.4 Å². The predicted molar refractivity (Wildman–Crippen MR) is 232 cm³/mol. The summed E-state index contributed by atoms with van der Waals surface area (Å²) in [5, 5.41) is 17.0. The molecule has 0 aliphatic heterocycles. The molecule has 0 heterocycles. The Hall–Kier alpha value is -7.48. The van der Waals surface area contributed by atoms with Gasteiger partial charge in [-0.1, -0.05) is 33.3 Å². The van der Waals surface area contributed by atoms with Crippen LogP contribution in [0, 0.1) is 0 Å². The molecule has 0 saturated carbocycles. The smallest absolute Gasteiger partial charge is 0.343 e. The Balaban J connectivity index is 1.22. The predicted octanol–water partition coefficient (Wildman–Crippen LogP) is 12.0. The Morgan fingerprint density at radius 3 is 1.35 bits per heavy atom. The van der Waals surface area contributed by atoms with E-state index in [1.807, 2.05) is 24.3 Å². The van der Waals surface area contributed by atoms with Gasteiger partial charge in [-0.3, -0.25) is 0 Å². The molecule has 0 unspecified atom stereocenters. The average Bonchev–Trinajstić information content (AvgIpc) is 3.30. The molecule has 5 aromatic rings. The van der Waals surface area contributed by atoms with Gasteiger partial charge >= 0.3 is 23.9 Å². The van der Waals surface area contributed by atoms with Crippen molar-refractivity contribution in [1.82, 2.24) is 0 Å². The zero-order valence-corrected chi connectivity index (χ0v) is 34.7. The summed E-state index contributed by atoms with van der Waals surface area (Å²) >= 11 is 0. The number of carbonyl (C=O) groups is 4. The fraction of sp³-hybridized carbons (Fsp3) is 0.250. The zero-order chi connectivity index (χ0) is 43.9. The Bertz CT molecular complexity index is 2310. The Labute approximate surface area is 360 Å². The highest BCUT2D eigenvalue weighted by Crippen LogP contribution is 2.29. The van der Waals surface area contributed by atoms with Crippen LogP contribution >= 0.6 is 0 Å². The molecule has 0 amide bonds. The molecule has 320 valence electrons. The molecule has 0 aliphatic carbocycles. The van der Waals surface area contributed by atoms with Crippen LogP contribution in [0.1, 0.15) is 83.4 Å². The van der Waals surface area contributed by atoms with Crippen molar-refractivity contribution < 1.29 is 47.6 Å². The van der Waals surface area contributed by atoms with Gasteiger partial charge in [0.1, 0.15) is 28.6 Å². The molecule has 0 bridgehead atoms. The van der Waals surface area contributed by atoms with Crippen LogP contribution in [0.25, 0.3) is 0 Å². The van der Waals surface area contributed by atoms with Crippen molar-refractivity contribution in [3.63, 3.8) is 0 Å². The van der Waals surface area contributed by atoms with Crippen molar-refractivity contribution in [3.8, 4) is 23.0 Å². The molecule has 0 radical (unpaired) electrons. The topological polar surface area (TPSA) is 173 Å². The maximum absolute atomic E-state index is 13.4. The summed E-state index contributed by atoms with van der Waals surface area (Å²) in [7, 11) is 0. The summed E-state index contributed by atoms with van der Waals surface area (Å²) in [6.45, 7) is 8.94. The molecule has 0 aromatic heterocycles. The summed E-state index contributed by atoms with van der Waals surface area (Å²) in [4.78, 5) is 51.1. The van der Waals surface area contributed by atoms with Crippen LogP contribution in [0.15, 0.2) is 148 Å². The largest absolute Gasteiger partial charge is 0.494 e. The maximum Gasteiger partial charge on any atom is 0.343 e. The number of benzene rings is 5. The minimum absolute atomic E-state index is 0.00246. The molecule has 0 aliphatic rings. The lowest BCUT2D eigenvalue weighted by Gasteiger charge is -2.12. The summed E-state index contributed by atoms with van der Waals surface area (Å²) in [5.41, 5.74) is 2.49. The van der Waals surface area contributed by atoms with Gasteiger partial charge in [0, 0.05) is 6.08 Å². The van der Waals surface area contributed by atoms with E-state index in [9.17, 15) is 19.2 Å². The number of unbranched alkanes of at least 4 members (excludes halogenated alkanes) is 3. The van der Waals surface area contributed by atoms with Crippen LogP contribution in [0.4, 0.5) is 22.7 Å². The van der Waals surface area contributed by atoms with Gasteiger partial charge in [0.25, 0.3) is 0 Å². The lowest BCUT2D eigenvalue weighted by molar-refractivity contribution is -0.137. The number of nitrogens with zero attached hydrogens (tertiary/aromatic N) is 4. The van der Waals surface area contributed by atoms with Crippen molar-refractivity contribution in [1.29, 1.82) is 0 Å². The second-order valence-electron chi connectivity index (χ2n) is 13.5. The second-order valence-corrected chi connectivity index (χ2v) is 13.5. The number of esters is 4. The number of azo groups is 2. The fourth-order valence-corrected chi connectivity index (χ4v) is 5.27. The van der Waals surface area contributed by atoms with Gasteiger partial charge in [-0.05, 0) is 141 Å². The Morgan fingerprint density at radius 2 is 0.903 bits per heavy atom. The monoisotopic (exact) mass is 840 g/mol. The molecule has 0 saturated heterocycles. The minimum atomic E-state index is -0.835. The maximum atomic E-state index is 13.4. The van der Waals surface area contributed by atoms with Crippen LogP contribution in [0.3, 0.4) is 0 Å². The number of ether oxygens (including phenoxy) is 6. The number of hydrogen-bond donors (Lipinski definition) is 0. The van der Waals surface area contributed by atoms with Crippen LogP contribution in [0.2, 0.25) is 0 Å². The van der Waals surface area contributed by atoms with Gasteiger partial charge < -0.3 is 28.4 Å². The molecule has 0 N–H and O–H groups in total. The van der Waals surface area contributed by atoms with Gasteiger partial charge in [0.2, 0.25) is 0 Å². The van der Waals surface area contributed by atoms with Gasteiger partial charge in [-0.15, -0.1) is 0 Å². The van der Waals surface area contributed by atoms with Crippen molar-refractivity contribution in [3.05, 3.63) is 145 Å². The van der Waals surface area contributed by atoms with E-state index < -0.39 is 23.9 Å². The molecule has 14 nitrogen and oxygen atoms in total. The van der Waals surface area contributed by atoms with E-state index in [1.54, 1.807) is 48.5 Å². The third-order valence-electron chi connectivity index (χ3n) is 8.74. The Morgan fingerprint density at radius 1 is 0.484 bits per heavy atom. The lowest BCUT2D eigenvalue weighted by Crippen LogP contribution is -2.15. The molecular formula is C48H48N4O10. The second kappa shape index (κ2) is 24.6. The van der Waals surface area contributed by atoms with E-state index in [0.29, 0.717) is 48.8 Å². The molecule has 5 rings (SSSR count). The van der Waals surface area contributed by atoms with E-state index in [4.69, 9.17) is 28.4 Å². The molecule has 62 heavy (non-hydrogen) atoms. The van der Waals surface area contributed by atoms with E-state index in [0.717, 1.165) is 43.3 Å². The van der Waals surface area contributed by atoms with E-state index in [1.165, 1.54) is 42.5 Å². The van der Waals surface area contributed by atoms with Gasteiger partial charge in [0.05, 0.1) is 60.3 Å². The Kier molecular flexibility index (Phi) is 18.1. The van der Waals surface area contributed by atoms with Gasteiger partial charge in [-0.25, -0.2) is 19.2 Å². The van der Waals surface area contributed by atoms with Crippen LogP contribution in [-0.4, -0.2) is 50.3 Å². The molecule has 0 atom stereocenters. The highest BCUT2D eigenvalue weighted by Gasteiger charge is 2.21. The van der Waals surface area contributed by atoms with Crippen LogP contribution in [-0.2, 0) is 14.3 Å². The quantitative estimate of drug-likeness (QED) is 0.0202. The number of rotatable bonds is 23.